The molecule has 1 aromatic carbocycles. The van der Waals surface area contributed by atoms with Crippen molar-refractivity contribution < 1.29 is 14.0 Å². The average molecular weight is 385 g/mol. The summed E-state index contributed by atoms with van der Waals surface area (Å²) in [5.74, 6) is -0.552. The smallest absolute Gasteiger partial charge is 0.387 e. The number of hydrogen-bond donors (Lipinski definition) is 1. The Bertz CT molecular complexity index is 985. The van der Waals surface area contributed by atoms with Gasteiger partial charge in [0.25, 0.3) is 5.89 Å². The number of carbonyl (C=O) groups excluding carboxylic acids is 2. The van der Waals surface area contributed by atoms with Crippen LogP contribution in [-0.2, 0) is 11.3 Å². The topological polar surface area (TPSA) is 94.2 Å². The molecular formula is C19H19N3O4S. The first-order chi connectivity index (χ1) is 12.9. The molecule has 0 saturated carbocycles. The van der Waals surface area contributed by atoms with Crippen LogP contribution in [0, 0.1) is 5.92 Å². The van der Waals surface area contributed by atoms with E-state index >= 15 is 0 Å². The Hall–Kier alpha value is -3.00. The Labute approximate surface area is 159 Å². The van der Waals surface area contributed by atoms with Gasteiger partial charge in [-0.05, 0) is 41.6 Å². The van der Waals surface area contributed by atoms with Gasteiger partial charge in [-0.15, -0.1) is 16.4 Å². The molecule has 27 heavy (non-hydrogen) atoms. The summed E-state index contributed by atoms with van der Waals surface area (Å²) in [6.45, 7) is 3.72. The van der Waals surface area contributed by atoms with E-state index in [4.69, 9.17) is 4.42 Å². The van der Waals surface area contributed by atoms with Gasteiger partial charge in [0.2, 0.25) is 5.91 Å². The van der Waals surface area contributed by atoms with Crippen molar-refractivity contribution in [2.75, 3.05) is 5.32 Å². The normalized spacial score (nSPS) is 10.9. The van der Waals surface area contributed by atoms with Crippen molar-refractivity contribution in [3.05, 3.63) is 57.9 Å². The number of ketones is 1. The zero-order chi connectivity index (χ0) is 19.4. The largest absolute Gasteiger partial charge is 0.437 e. The van der Waals surface area contributed by atoms with Crippen LogP contribution in [0.5, 0.6) is 0 Å². The van der Waals surface area contributed by atoms with Crippen LogP contribution in [0.2, 0.25) is 0 Å². The lowest BCUT2D eigenvalue weighted by atomic mass is 10.1. The molecule has 1 N–H and O–H groups in total. The number of hydrogen-bond acceptors (Lipinski definition) is 6. The Morgan fingerprint density at radius 1 is 1.22 bits per heavy atom. The number of carbonyl (C=O) groups is 2. The lowest BCUT2D eigenvalue weighted by molar-refractivity contribution is -0.116. The third-order valence-electron chi connectivity index (χ3n) is 3.72. The molecule has 0 unspecified atom stereocenters. The fourth-order valence-corrected chi connectivity index (χ4v) is 3.10. The number of aromatic nitrogens is 2. The van der Waals surface area contributed by atoms with Crippen LogP contribution < -0.4 is 11.1 Å². The number of thiophene rings is 1. The molecule has 2 aromatic heterocycles. The van der Waals surface area contributed by atoms with Gasteiger partial charge in [-0.1, -0.05) is 19.9 Å². The van der Waals surface area contributed by atoms with Gasteiger partial charge in [0.15, 0.2) is 5.78 Å². The molecule has 0 spiro atoms. The predicted octanol–water partition coefficient (Wildman–Crippen LogP) is 3.43. The van der Waals surface area contributed by atoms with Crippen LogP contribution in [0.15, 0.2) is 51.0 Å². The predicted molar refractivity (Wildman–Crippen MR) is 103 cm³/mol. The van der Waals surface area contributed by atoms with Gasteiger partial charge >= 0.3 is 5.76 Å². The van der Waals surface area contributed by atoms with Crippen molar-refractivity contribution in [2.45, 2.75) is 26.8 Å². The van der Waals surface area contributed by atoms with E-state index in [9.17, 15) is 14.4 Å². The molecule has 0 fully saturated rings. The van der Waals surface area contributed by atoms with Crippen LogP contribution in [-0.4, -0.2) is 21.5 Å². The average Bonchev–Trinajstić information content (AvgIpc) is 3.25. The third-order valence-corrected chi connectivity index (χ3v) is 4.57. The molecule has 0 atom stereocenters. The van der Waals surface area contributed by atoms with Gasteiger partial charge < -0.3 is 9.73 Å². The minimum atomic E-state index is -0.677. The van der Waals surface area contributed by atoms with Crippen molar-refractivity contribution in [1.82, 2.24) is 9.78 Å². The van der Waals surface area contributed by atoms with Crippen LogP contribution in [0.25, 0.3) is 10.8 Å². The van der Waals surface area contributed by atoms with Gasteiger partial charge in [0.1, 0.15) is 6.54 Å². The van der Waals surface area contributed by atoms with Gasteiger partial charge in [0.05, 0.1) is 4.88 Å². The van der Waals surface area contributed by atoms with Crippen molar-refractivity contribution >= 4 is 28.7 Å². The van der Waals surface area contributed by atoms with Gasteiger partial charge in [-0.25, -0.2) is 4.79 Å². The highest BCUT2D eigenvalue weighted by Gasteiger charge is 2.15. The summed E-state index contributed by atoms with van der Waals surface area (Å²) in [6, 6.07) is 10.2. The molecule has 0 radical (unpaired) electrons. The monoisotopic (exact) mass is 385 g/mol. The van der Waals surface area contributed by atoms with E-state index in [1.54, 1.807) is 30.3 Å². The second-order valence-electron chi connectivity index (χ2n) is 6.45. The second kappa shape index (κ2) is 8.13. The quantitative estimate of drug-likeness (QED) is 0.629. The molecular weight excluding hydrogens is 366 g/mol. The maximum absolute atomic E-state index is 12.4. The zero-order valence-corrected chi connectivity index (χ0v) is 15.8. The highest BCUT2D eigenvalue weighted by Crippen LogP contribution is 2.21. The fraction of sp³-hybridized carbons (Fsp3) is 0.263. The van der Waals surface area contributed by atoms with E-state index in [2.05, 4.69) is 10.4 Å². The Morgan fingerprint density at radius 2 is 1.96 bits per heavy atom. The first-order valence-electron chi connectivity index (χ1n) is 8.47. The fourth-order valence-electron chi connectivity index (χ4n) is 2.46. The number of nitrogens with one attached hydrogen (secondary N) is 1. The highest BCUT2D eigenvalue weighted by atomic mass is 32.1. The zero-order valence-electron chi connectivity index (χ0n) is 15.0. The molecule has 0 aliphatic rings. The molecule has 3 rings (SSSR count). The first kappa shape index (κ1) is 18.8. The lowest BCUT2D eigenvalue weighted by Crippen LogP contribution is -2.21. The van der Waals surface area contributed by atoms with Gasteiger partial charge in [-0.3, -0.25) is 9.59 Å². The molecule has 2 heterocycles. The van der Waals surface area contributed by atoms with Crippen LogP contribution >= 0.6 is 11.3 Å². The Kier molecular flexibility index (Phi) is 5.66. The highest BCUT2D eigenvalue weighted by molar-refractivity contribution is 7.13. The summed E-state index contributed by atoms with van der Waals surface area (Å²) in [7, 11) is 0. The van der Waals surface area contributed by atoms with E-state index in [1.807, 2.05) is 25.3 Å². The summed E-state index contributed by atoms with van der Waals surface area (Å²) in [4.78, 5) is 36.8. The third kappa shape index (κ3) is 4.79. The maximum atomic E-state index is 12.4. The molecule has 1 amide bonds. The molecule has 140 valence electrons. The summed E-state index contributed by atoms with van der Waals surface area (Å²) in [5, 5.41) is 8.71. The van der Waals surface area contributed by atoms with E-state index in [-0.39, 0.29) is 30.0 Å². The lowest BCUT2D eigenvalue weighted by Gasteiger charge is -2.07. The second-order valence-corrected chi connectivity index (χ2v) is 7.40. The number of rotatable bonds is 7. The van der Waals surface area contributed by atoms with E-state index < -0.39 is 5.76 Å². The van der Waals surface area contributed by atoms with Crippen molar-refractivity contribution in [2.24, 2.45) is 5.92 Å². The van der Waals surface area contributed by atoms with Gasteiger partial charge in [-0.2, -0.15) is 4.68 Å². The molecule has 8 heteroatoms. The molecule has 7 nitrogen and oxygen atoms in total. The summed E-state index contributed by atoms with van der Waals surface area (Å²) in [6.07, 6.45) is 0.433. The Morgan fingerprint density at radius 3 is 2.59 bits per heavy atom. The number of nitrogens with zero attached hydrogens (tertiary/aromatic N) is 2. The van der Waals surface area contributed by atoms with Crippen LogP contribution in [0.1, 0.15) is 30.6 Å². The minimum absolute atomic E-state index is 0.0701. The standard InChI is InChI=1S/C19H19N3O4S/c1-12(2)10-17(24)20-14-7-5-13(6-8-14)15(23)11-22-19(25)26-18(21-22)16-4-3-9-27-16/h3-9,12H,10-11H2,1-2H3,(H,20,24). The summed E-state index contributed by atoms with van der Waals surface area (Å²) in [5.41, 5.74) is 1.04. The Balaban J connectivity index is 1.66. The maximum Gasteiger partial charge on any atom is 0.437 e. The number of Topliss-reactive ketones (excluding diaryl/α,β-unsaturated/α-hetero) is 1. The summed E-state index contributed by atoms with van der Waals surface area (Å²) < 4.78 is 6.11. The van der Waals surface area contributed by atoms with Crippen molar-refractivity contribution in [3.63, 3.8) is 0 Å². The first-order valence-corrected chi connectivity index (χ1v) is 9.35. The SMILES string of the molecule is CC(C)CC(=O)Nc1ccc(C(=O)Cn2nc(-c3cccs3)oc2=O)cc1. The minimum Gasteiger partial charge on any atom is -0.387 e. The van der Waals surface area contributed by atoms with Crippen molar-refractivity contribution in [1.29, 1.82) is 0 Å². The molecule has 0 aliphatic heterocycles. The van der Waals surface area contributed by atoms with Crippen molar-refractivity contribution in [3.8, 4) is 10.8 Å². The molecule has 0 bridgehead atoms. The number of amides is 1. The molecule has 0 saturated heterocycles. The summed E-state index contributed by atoms with van der Waals surface area (Å²) >= 11 is 1.40. The molecule has 3 aromatic rings. The van der Waals surface area contributed by atoms with E-state index in [0.717, 1.165) is 9.56 Å². The van der Waals surface area contributed by atoms with Crippen LogP contribution in [0.4, 0.5) is 5.69 Å². The van der Waals surface area contributed by atoms with Gasteiger partial charge in [0, 0.05) is 17.7 Å². The van der Waals surface area contributed by atoms with E-state index in [1.165, 1.54) is 11.3 Å². The molecule has 0 aliphatic carbocycles. The van der Waals surface area contributed by atoms with E-state index in [0.29, 0.717) is 17.7 Å². The van der Waals surface area contributed by atoms with Crippen LogP contribution in [0.3, 0.4) is 0 Å². The number of anilines is 1. The number of benzene rings is 1.